The summed E-state index contributed by atoms with van der Waals surface area (Å²) in [6.07, 6.45) is 0. The topological polar surface area (TPSA) is 69.4 Å². The molecule has 0 unspecified atom stereocenters. The molecule has 0 aliphatic carbocycles. The molecule has 0 N–H and O–H groups in total. The highest BCUT2D eigenvalue weighted by molar-refractivity contribution is 5.65. The molecule has 0 bridgehead atoms. The number of carbonyl (C=O) groups excluding carboxylic acids is 1. The molecule has 0 saturated carbocycles. The zero-order valence-corrected chi connectivity index (χ0v) is 5.58. The number of nitro groups is 1. The van der Waals surface area contributed by atoms with Crippen LogP contribution in [-0.4, -0.2) is 25.1 Å². The van der Waals surface area contributed by atoms with Crippen molar-refractivity contribution in [2.75, 3.05) is 14.2 Å². The molecule has 0 aliphatic heterocycles. The van der Waals surface area contributed by atoms with Gasteiger partial charge in [-0.15, -0.1) is 0 Å². The van der Waals surface area contributed by atoms with E-state index in [9.17, 15) is 4.79 Å². The Morgan fingerprint density at radius 3 is 1.78 bits per heavy atom. The van der Waals surface area contributed by atoms with Crippen LogP contribution in [0, 0.1) is 10.1 Å². The van der Waals surface area contributed by atoms with Crippen LogP contribution in [0.1, 0.15) is 6.92 Å². The second-order valence-corrected chi connectivity index (χ2v) is 1.14. The molecule has 0 heterocycles. The van der Waals surface area contributed by atoms with Crippen LogP contribution < -0.4 is 0 Å². The Bertz CT molecular complexity index is 96.7. The van der Waals surface area contributed by atoms with Crippen molar-refractivity contribution >= 4 is 5.97 Å². The largest absolute Gasteiger partial charge is 0.469 e. The summed E-state index contributed by atoms with van der Waals surface area (Å²) in [5.41, 5.74) is 0. The van der Waals surface area contributed by atoms with E-state index in [1.807, 2.05) is 0 Å². The molecule has 0 rings (SSSR count). The van der Waals surface area contributed by atoms with Gasteiger partial charge in [-0.3, -0.25) is 14.9 Å². The average molecular weight is 135 g/mol. The maximum atomic E-state index is 9.59. The van der Waals surface area contributed by atoms with Gasteiger partial charge in [0.05, 0.1) is 7.11 Å². The molecule has 9 heavy (non-hydrogen) atoms. The third-order valence-corrected chi connectivity index (χ3v) is 0.287. The molecule has 5 heteroatoms. The third-order valence-electron chi connectivity index (χ3n) is 0.287. The molecule has 5 nitrogen and oxygen atoms in total. The van der Waals surface area contributed by atoms with E-state index >= 15 is 0 Å². The summed E-state index contributed by atoms with van der Waals surface area (Å²) in [5, 5.41) is 8.81. The molecule has 0 fully saturated rings. The first-order valence-corrected chi connectivity index (χ1v) is 2.13. The minimum absolute atomic E-state index is 0.245. The highest BCUT2D eigenvalue weighted by atomic mass is 16.6. The number of rotatable bonds is 0. The van der Waals surface area contributed by atoms with Crippen LogP contribution in [0.4, 0.5) is 0 Å². The Kier molecular flexibility index (Phi) is 8.23. The fourth-order valence-electron chi connectivity index (χ4n) is 0. The van der Waals surface area contributed by atoms with Gasteiger partial charge >= 0.3 is 5.97 Å². The molecular formula is C4H9NO4. The van der Waals surface area contributed by atoms with Gasteiger partial charge in [-0.05, 0) is 0 Å². The summed E-state index contributed by atoms with van der Waals surface area (Å²) in [6.45, 7) is 1.36. The minimum Gasteiger partial charge on any atom is -0.469 e. The summed E-state index contributed by atoms with van der Waals surface area (Å²) in [7, 11) is 2.24. The predicted molar refractivity (Wildman–Crippen MR) is 30.6 cm³/mol. The SMILES string of the molecule is COC(C)=O.C[N+](=O)[O-]. The summed E-state index contributed by atoms with van der Waals surface area (Å²) in [4.78, 5) is 17.9. The minimum atomic E-state index is -0.500. The lowest BCUT2D eigenvalue weighted by Crippen LogP contribution is -1.88. The van der Waals surface area contributed by atoms with Gasteiger partial charge in [0.2, 0.25) is 0 Å². The highest BCUT2D eigenvalue weighted by Gasteiger charge is 1.75. The predicted octanol–water partition coefficient (Wildman–Crippen LogP) is 0.0722. The monoisotopic (exact) mass is 135 g/mol. The molecule has 0 aliphatic rings. The Labute approximate surface area is 52.8 Å². The van der Waals surface area contributed by atoms with Crippen molar-refractivity contribution in [3.63, 3.8) is 0 Å². The molecule has 0 atom stereocenters. The number of methoxy groups -OCH3 is 1. The molecular weight excluding hydrogens is 126 g/mol. The van der Waals surface area contributed by atoms with Crippen LogP contribution in [0.2, 0.25) is 0 Å². The van der Waals surface area contributed by atoms with Crippen LogP contribution in [-0.2, 0) is 9.53 Å². The van der Waals surface area contributed by atoms with E-state index in [1.54, 1.807) is 0 Å². The molecule has 0 amide bonds. The van der Waals surface area contributed by atoms with Crippen LogP contribution >= 0.6 is 0 Å². The van der Waals surface area contributed by atoms with E-state index < -0.39 is 4.92 Å². The van der Waals surface area contributed by atoms with Gasteiger partial charge in [0.1, 0.15) is 0 Å². The maximum absolute atomic E-state index is 9.59. The molecule has 0 aromatic carbocycles. The number of hydrogen-bond acceptors (Lipinski definition) is 4. The van der Waals surface area contributed by atoms with E-state index in [1.165, 1.54) is 14.0 Å². The first-order chi connectivity index (χ1) is 4.00. The zero-order chi connectivity index (χ0) is 7.86. The standard InChI is InChI=1S/C3H6O2.CH3NO2/c1-3(4)5-2;1-2(3)4/h1-2H3;1H3. The third kappa shape index (κ3) is 215. The van der Waals surface area contributed by atoms with Crippen molar-refractivity contribution in [1.82, 2.24) is 0 Å². The van der Waals surface area contributed by atoms with Gasteiger partial charge < -0.3 is 4.74 Å². The van der Waals surface area contributed by atoms with Crippen molar-refractivity contribution < 1.29 is 14.5 Å². The lowest BCUT2D eigenvalue weighted by atomic mass is 10.8. The molecule has 0 aromatic heterocycles. The quantitative estimate of drug-likeness (QED) is 0.268. The van der Waals surface area contributed by atoms with E-state index in [-0.39, 0.29) is 5.97 Å². The number of nitrogens with zero attached hydrogens (tertiary/aromatic N) is 1. The van der Waals surface area contributed by atoms with Gasteiger partial charge in [-0.25, -0.2) is 0 Å². The lowest BCUT2D eigenvalue weighted by molar-refractivity contribution is -0.445. The molecule has 0 spiro atoms. The Morgan fingerprint density at radius 2 is 1.78 bits per heavy atom. The second kappa shape index (κ2) is 6.87. The van der Waals surface area contributed by atoms with Crippen LogP contribution in [0.25, 0.3) is 0 Å². The van der Waals surface area contributed by atoms with Crippen molar-refractivity contribution in [2.45, 2.75) is 6.92 Å². The summed E-state index contributed by atoms with van der Waals surface area (Å²) in [6, 6.07) is 0. The fourth-order valence-corrected chi connectivity index (χ4v) is 0. The van der Waals surface area contributed by atoms with Gasteiger partial charge in [-0.1, -0.05) is 0 Å². The first-order valence-electron chi connectivity index (χ1n) is 2.13. The van der Waals surface area contributed by atoms with Crippen molar-refractivity contribution in [3.8, 4) is 0 Å². The van der Waals surface area contributed by atoms with Gasteiger partial charge in [0.25, 0.3) is 0 Å². The van der Waals surface area contributed by atoms with Crippen molar-refractivity contribution in [2.24, 2.45) is 0 Å². The molecule has 0 aromatic rings. The average Bonchev–Trinajstić information content (AvgIpc) is 1.65. The first kappa shape index (κ1) is 10.8. The zero-order valence-electron chi connectivity index (χ0n) is 5.58. The van der Waals surface area contributed by atoms with E-state index in [0.717, 1.165) is 7.05 Å². The number of ether oxygens (including phenoxy) is 1. The van der Waals surface area contributed by atoms with Gasteiger partial charge in [0.15, 0.2) is 7.05 Å². The van der Waals surface area contributed by atoms with E-state index in [2.05, 4.69) is 4.74 Å². The molecule has 54 valence electrons. The van der Waals surface area contributed by atoms with Crippen LogP contribution in [0.15, 0.2) is 0 Å². The molecule has 0 radical (unpaired) electrons. The normalized spacial score (nSPS) is 6.56. The van der Waals surface area contributed by atoms with Gasteiger partial charge in [-0.2, -0.15) is 0 Å². The second-order valence-electron chi connectivity index (χ2n) is 1.14. The Hall–Kier alpha value is -1.13. The van der Waals surface area contributed by atoms with E-state index in [4.69, 9.17) is 10.1 Å². The maximum Gasteiger partial charge on any atom is 0.302 e. The highest BCUT2D eigenvalue weighted by Crippen LogP contribution is 1.60. The van der Waals surface area contributed by atoms with Crippen LogP contribution in [0.5, 0.6) is 0 Å². The van der Waals surface area contributed by atoms with Crippen molar-refractivity contribution in [1.29, 1.82) is 0 Å². The lowest BCUT2D eigenvalue weighted by Gasteiger charge is -1.80. The van der Waals surface area contributed by atoms with Crippen LogP contribution in [0.3, 0.4) is 0 Å². The van der Waals surface area contributed by atoms with Crippen molar-refractivity contribution in [3.05, 3.63) is 10.1 Å². The van der Waals surface area contributed by atoms with Gasteiger partial charge in [0, 0.05) is 11.8 Å². The Balaban J connectivity index is 0. The number of carbonyl (C=O) groups is 1. The number of hydrogen-bond donors (Lipinski definition) is 0. The van der Waals surface area contributed by atoms with E-state index in [0.29, 0.717) is 0 Å². The smallest absolute Gasteiger partial charge is 0.302 e. The number of esters is 1. The summed E-state index contributed by atoms with van der Waals surface area (Å²) >= 11 is 0. The summed E-state index contributed by atoms with van der Waals surface area (Å²) < 4.78 is 4.11. The Morgan fingerprint density at radius 1 is 1.67 bits per heavy atom. The molecule has 0 saturated heterocycles. The fraction of sp³-hybridized carbons (Fsp3) is 0.750. The summed E-state index contributed by atoms with van der Waals surface area (Å²) in [5.74, 6) is -0.245.